The van der Waals surface area contributed by atoms with Gasteiger partial charge in [0.2, 0.25) is 0 Å². The highest BCUT2D eigenvalue weighted by Crippen LogP contribution is 2.39. The van der Waals surface area contributed by atoms with E-state index >= 15 is 0 Å². The molecular weight excluding hydrogens is 208 g/mol. The fourth-order valence-corrected chi connectivity index (χ4v) is 3.28. The Balaban J connectivity index is 2.20. The Labute approximate surface area is 94.6 Å². The molecule has 1 fully saturated rings. The molecule has 2 nitrogen and oxygen atoms in total. The predicted molar refractivity (Wildman–Crippen MR) is 61.9 cm³/mol. The van der Waals surface area contributed by atoms with E-state index < -0.39 is 5.60 Å². The third-order valence-corrected chi connectivity index (χ3v) is 4.23. The molecule has 0 aliphatic heterocycles. The minimum Gasteiger partial charge on any atom is -0.393 e. The fraction of sp³-hybridized carbons (Fsp3) is 0.667. The second-order valence-electron chi connectivity index (χ2n) is 4.43. The second kappa shape index (κ2) is 4.64. The van der Waals surface area contributed by atoms with Crippen molar-refractivity contribution in [2.24, 2.45) is 5.92 Å². The second-order valence-corrected chi connectivity index (χ2v) is 5.21. The summed E-state index contributed by atoms with van der Waals surface area (Å²) in [6, 6.07) is 1.93. The smallest absolute Gasteiger partial charge is 0.116 e. The quantitative estimate of drug-likeness (QED) is 0.831. The van der Waals surface area contributed by atoms with E-state index in [1.807, 2.05) is 16.8 Å². The SMILES string of the molecule is OCC(O)(c1ccsc1)C1CCCCC1. The summed E-state index contributed by atoms with van der Waals surface area (Å²) < 4.78 is 0. The van der Waals surface area contributed by atoms with Crippen LogP contribution in [0, 0.1) is 5.92 Å². The van der Waals surface area contributed by atoms with Gasteiger partial charge >= 0.3 is 0 Å². The van der Waals surface area contributed by atoms with Crippen LogP contribution in [-0.2, 0) is 5.60 Å². The topological polar surface area (TPSA) is 40.5 Å². The van der Waals surface area contributed by atoms with Gasteiger partial charge in [-0.1, -0.05) is 19.3 Å². The first-order chi connectivity index (χ1) is 7.27. The highest BCUT2D eigenvalue weighted by molar-refractivity contribution is 7.08. The Morgan fingerprint density at radius 3 is 2.60 bits per heavy atom. The molecule has 0 spiro atoms. The summed E-state index contributed by atoms with van der Waals surface area (Å²) in [5, 5.41) is 23.9. The summed E-state index contributed by atoms with van der Waals surface area (Å²) in [6.45, 7) is -0.158. The first-order valence-electron chi connectivity index (χ1n) is 5.63. The number of hydrogen-bond donors (Lipinski definition) is 2. The van der Waals surface area contributed by atoms with Crippen molar-refractivity contribution in [1.29, 1.82) is 0 Å². The zero-order valence-electron chi connectivity index (χ0n) is 8.85. The zero-order chi connectivity index (χ0) is 10.7. The molecule has 2 N–H and O–H groups in total. The molecule has 1 atom stereocenters. The first-order valence-corrected chi connectivity index (χ1v) is 6.57. The minimum absolute atomic E-state index is 0.158. The Bertz CT molecular complexity index is 291. The first kappa shape index (κ1) is 11.1. The Hall–Kier alpha value is -0.380. The normalized spacial score (nSPS) is 22.5. The predicted octanol–water partition coefficient (Wildman–Crippen LogP) is 2.51. The molecule has 1 heterocycles. The molecule has 84 valence electrons. The van der Waals surface area contributed by atoms with Crippen molar-refractivity contribution in [3.8, 4) is 0 Å². The lowest BCUT2D eigenvalue weighted by Gasteiger charge is -2.36. The molecular formula is C12H18O2S. The van der Waals surface area contributed by atoms with Crippen LogP contribution in [0.3, 0.4) is 0 Å². The number of aliphatic hydroxyl groups excluding tert-OH is 1. The lowest BCUT2D eigenvalue weighted by molar-refractivity contribution is -0.0785. The standard InChI is InChI=1S/C12H18O2S/c13-9-12(14,11-6-7-15-8-11)10-4-2-1-3-5-10/h6-8,10,13-14H,1-5,9H2. The molecule has 3 heteroatoms. The third-order valence-electron chi connectivity index (χ3n) is 3.54. The molecule has 1 aliphatic carbocycles. The van der Waals surface area contributed by atoms with E-state index in [4.69, 9.17) is 0 Å². The molecule has 0 amide bonds. The minimum atomic E-state index is -1.000. The van der Waals surface area contributed by atoms with Crippen molar-refractivity contribution >= 4 is 11.3 Å². The summed E-state index contributed by atoms with van der Waals surface area (Å²) in [4.78, 5) is 0. The number of rotatable bonds is 3. The van der Waals surface area contributed by atoms with Crippen LogP contribution in [0.1, 0.15) is 37.7 Å². The van der Waals surface area contributed by atoms with E-state index in [0.29, 0.717) is 0 Å². The van der Waals surface area contributed by atoms with Gasteiger partial charge in [0, 0.05) is 0 Å². The molecule has 0 radical (unpaired) electrons. The van der Waals surface area contributed by atoms with Crippen molar-refractivity contribution in [1.82, 2.24) is 0 Å². The molecule has 15 heavy (non-hydrogen) atoms. The largest absolute Gasteiger partial charge is 0.393 e. The van der Waals surface area contributed by atoms with Crippen LogP contribution < -0.4 is 0 Å². The van der Waals surface area contributed by atoms with E-state index in [-0.39, 0.29) is 12.5 Å². The maximum atomic E-state index is 10.6. The van der Waals surface area contributed by atoms with Gasteiger partial charge in [-0.05, 0) is 41.1 Å². The molecule has 0 bridgehead atoms. The van der Waals surface area contributed by atoms with Crippen LogP contribution in [0.25, 0.3) is 0 Å². The van der Waals surface area contributed by atoms with E-state index in [0.717, 1.165) is 18.4 Å². The average Bonchev–Trinajstić information content (AvgIpc) is 2.83. The summed E-state index contributed by atoms with van der Waals surface area (Å²) in [7, 11) is 0. The van der Waals surface area contributed by atoms with Crippen molar-refractivity contribution in [3.05, 3.63) is 22.4 Å². The number of thiophene rings is 1. The lowest BCUT2D eigenvalue weighted by atomic mass is 9.74. The maximum absolute atomic E-state index is 10.6. The van der Waals surface area contributed by atoms with Gasteiger partial charge in [0.15, 0.2) is 0 Å². The highest BCUT2D eigenvalue weighted by Gasteiger charge is 2.38. The van der Waals surface area contributed by atoms with Crippen LogP contribution in [0.4, 0.5) is 0 Å². The Morgan fingerprint density at radius 2 is 2.07 bits per heavy atom. The van der Waals surface area contributed by atoms with E-state index in [9.17, 15) is 10.2 Å². The van der Waals surface area contributed by atoms with Crippen LogP contribution in [0.2, 0.25) is 0 Å². The van der Waals surface area contributed by atoms with Gasteiger partial charge in [-0.3, -0.25) is 0 Å². The van der Waals surface area contributed by atoms with Crippen molar-refractivity contribution < 1.29 is 10.2 Å². The summed E-state index contributed by atoms with van der Waals surface area (Å²) in [5.41, 5.74) is -0.109. The molecule has 1 aromatic rings. The molecule has 1 aliphatic rings. The lowest BCUT2D eigenvalue weighted by Crippen LogP contribution is -2.39. The van der Waals surface area contributed by atoms with Crippen molar-refractivity contribution in [2.45, 2.75) is 37.7 Å². The van der Waals surface area contributed by atoms with Gasteiger partial charge in [-0.25, -0.2) is 0 Å². The maximum Gasteiger partial charge on any atom is 0.116 e. The van der Waals surface area contributed by atoms with Gasteiger partial charge in [0.25, 0.3) is 0 Å². The van der Waals surface area contributed by atoms with Gasteiger partial charge in [0.05, 0.1) is 6.61 Å². The van der Waals surface area contributed by atoms with Crippen LogP contribution in [0.15, 0.2) is 16.8 Å². The third kappa shape index (κ3) is 2.10. The van der Waals surface area contributed by atoms with Crippen LogP contribution in [0.5, 0.6) is 0 Å². The monoisotopic (exact) mass is 226 g/mol. The zero-order valence-corrected chi connectivity index (χ0v) is 9.67. The van der Waals surface area contributed by atoms with Crippen molar-refractivity contribution in [2.75, 3.05) is 6.61 Å². The molecule has 1 saturated carbocycles. The van der Waals surface area contributed by atoms with E-state index in [1.54, 1.807) is 11.3 Å². The molecule has 2 rings (SSSR count). The van der Waals surface area contributed by atoms with E-state index in [2.05, 4.69) is 0 Å². The molecule has 1 unspecified atom stereocenters. The average molecular weight is 226 g/mol. The van der Waals surface area contributed by atoms with Crippen LogP contribution >= 0.6 is 11.3 Å². The fourth-order valence-electron chi connectivity index (χ4n) is 2.55. The Kier molecular flexibility index (Phi) is 3.44. The Morgan fingerprint density at radius 1 is 1.33 bits per heavy atom. The van der Waals surface area contributed by atoms with E-state index in [1.165, 1.54) is 19.3 Å². The summed E-state index contributed by atoms with van der Waals surface area (Å²) in [5.74, 6) is 0.228. The van der Waals surface area contributed by atoms with Gasteiger partial charge in [-0.2, -0.15) is 11.3 Å². The molecule has 1 aromatic heterocycles. The summed E-state index contributed by atoms with van der Waals surface area (Å²) in [6.07, 6.45) is 5.69. The van der Waals surface area contributed by atoms with Gasteiger partial charge in [0.1, 0.15) is 5.60 Å². The summed E-state index contributed by atoms with van der Waals surface area (Å²) >= 11 is 1.57. The van der Waals surface area contributed by atoms with Gasteiger partial charge in [-0.15, -0.1) is 0 Å². The molecule has 0 aromatic carbocycles. The molecule has 0 saturated heterocycles. The van der Waals surface area contributed by atoms with Crippen LogP contribution in [-0.4, -0.2) is 16.8 Å². The van der Waals surface area contributed by atoms with Crippen molar-refractivity contribution in [3.63, 3.8) is 0 Å². The highest BCUT2D eigenvalue weighted by atomic mass is 32.1. The number of aliphatic hydroxyl groups is 2. The van der Waals surface area contributed by atoms with Gasteiger partial charge < -0.3 is 10.2 Å². The number of hydrogen-bond acceptors (Lipinski definition) is 3.